The number of benzene rings is 1. The molecule has 5 nitrogen and oxygen atoms in total. The third-order valence-corrected chi connectivity index (χ3v) is 2.91. The molecule has 0 bridgehead atoms. The van der Waals surface area contributed by atoms with Crippen molar-refractivity contribution in [3.63, 3.8) is 0 Å². The van der Waals surface area contributed by atoms with Gasteiger partial charge in [0.1, 0.15) is 12.1 Å². The first-order valence-electron chi connectivity index (χ1n) is 6.00. The average molecular weight is 246 g/mol. The second kappa shape index (κ2) is 5.18. The van der Waals surface area contributed by atoms with Crippen LogP contribution in [0.4, 0.5) is 11.5 Å². The van der Waals surface area contributed by atoms with Crippen molar-refractivity contribution in [1.82, 2.24) is 9.97 Å². The van der Waals surface area contributed by atoms with Crippen molar-refractivity contribution in [1.29, 1.82) is 0 Å². The molecule has 0 fully saturated rings. The van der Waals surface area contributed by atoms with Gasteiger partial charge in [-0.25, -0.2) is 9.97 Å². The van der Waals surface area contributed by atoms with Crippen molar-refractivity contribution < 1.29 is 5.11 Å². The molecule has 1 aromatic heterocycles. The fraction of sp³-hybridized carbons (Fsp3) is 0.385. The molecule has 0 aliphatic carbocycles. The van der Waals surface area contributed by atoms with Gasteiger partial charge in [0, 0.05) is 17.6 Å². The number of aromatic nitrogens is 2. The van der Waals surface area contributed by atoms with E-state index in [0.29, 0.717) is 18.1 Å². The predicted octanol–water partition coefficient (Wildman–Crippen LogP) is 1.64. The number of aliphatic hydroxyl groups is 1. The van der Waals surface area contributed by atoms with Gasteiger partial charge in [-0.15, -0.1) is 0 Å². The molecule has 1 heterocycles. The third-order valence-electron chi connectivity index (χ3n) is 2.91. The summed E-state index contributed by atoms with van der Waals surface area (Å²) in [4.78, 5) is 8.37. The summed E-state index contributed by atoms with van der Waals surface area (Å²) >= 11 is 0. The van der Waals surface area contributed by atoms with Crippen LogP contribution in [-0.2, 0) is 0 Å². The van der Waals surface area contributed by atoms with E-state index < -0.39 is 6.10 Å². The standard InChI is InChI=1S/C13H18N4O/c1-8(2)12(18)6-15-13-10-5-9(14)3-4-11(10)16-7-17-13/h3-5,7-8,12,18H,6,14H2,1-2H3,(H,15,16,17). The van der Waals surface area contributed by atoms with Gasteiger partial charge in [0.15, 0.2) is 0 Å². The summed E-state index contributed by atoms with van der Waals surface area (Å²) in [5.41, 5.74) is 7.27. The summed E-state index contributed by atoms with van der Waals surface area (Å²) < 4.78 is 0. The number of rotatable bonds is 4. The van der Waals surface area contributed by atoms with E-state index in [9.17, 15) is 5.11 Å². The van der Waals surface area contributed by atoms with E-state index in [2.05, 4.69) is 15.3 Å². The quantitative estimate of drug-likeness (QED) is 0.714. The first-order chi connectivity index (χ1) is 8.58. The number of hydrogen-bond acceptors (Lipinski definition) is 5. The van der Waals surface area contributed by atoms with Crippen molar-refractivity contribution in [2.75, 3.05) is 17.6 Å². The summed E-state index contributed by atoms with van der Waals surface area (Å²) in [6, 6.07) is 5.50. The number of nitrogens with zero attached hydrogens (tertiary/aromatic N) is 2. The zero-order valence-electron chi connectivity index (χ0n) is 10.6. The number of hydrogen-bond donors (Lipinski definition) is 3. The Hall–Kier alpha value is -1.88. The SMILES string of the molecule is CC(C)C(O)CNc1ncnc2ccc(N)cc12. The molecule has 1 atom stereocenters. The molecule has 0 aliphatic heterocycles. The molecule has 0 radical (unpaired) electrons. The van der Waals surface area contributed by atoms with Crippen LogP contribution in [0, 0.1) is 5.92 Å². The van der Waals surface area contributed by atoms with Crippen molar-refractivity contribution in [3.05, 3.63) is 24.5 Å². The molecule has 2 rings (SSSR count). The van der Waals surface area contributed by atoms with E-state index in [0.717, 1.165) is 10.9 Å². The van der Waals surface area contributed by atoms with Crippen LogP contribution in [0.3, 0.4) is 0 Å². The maximum atomic E-state index is 9.78. The minimum Gasteiger partial charge on any atom is -0.399 e. The Morgan fingerprint density at radius 1 is 1.33 bits per heavy atom. The topological polar surface area (TPSA) is 84.1 Å². The molecular formula is C13H18N4O. The third kappa shape index (κ3) is 2.68. The highest BCUT2D eigenvalue weighted by molar-refractivity contribution is 5.91. The van der Waals surface area contributed by atoms with Gasteiger partial charge in [-0.3, -0.25) is 0 Å². The van der Waals surface area contributed by atoms with Crippen LogP contribution in [0.25, 0.3) is 10.9 Å². The molecule has 0 amide bonds. The normalized spacial score (nSPS) is 12.9. The van der Waals surface area contributed by atoms with Crippen LogP contribution in [0.1, 0.15) is 13.8 Å². The van der Waals surface area contributed by atoms with Crippen molar-refractivity contribution in [2.24, 2.45) is 5.92 Å². The molecule has 18 heavy (non-hydrogen) atoms. The number of nitrogens with two attached hydrogens (primary N) is 1. The average Bonchev–Trinajstić information content (AvgIpc) is 2.35. The molecule has 96 valence electrons. The van der Waals surface area contributed by atoms with Gasteiger partial charge in [0.2, 0.25) is 0 Å². The maximum absolute atomic E-state index is 9.78. The summed E-state index contributed by atoms with van der Waals surface area (Å²) in [5, 5.41) is 13.8. The van der Waals surface area contributed by atoms with Gasteiger partial charge in [0.05, 0.1) is 11.6 Å². The monoisotopic (exact) mass is 246 g/mol. The Morgan fingerprint density at radius 2 is 2.11 bits per heavy atom. The molecular weight excluding hydrogens is 228 g/mol. The number of nitrogen functional groups attached to an aromatic ring is 1. The Balaban J connectivity index is 2.25. The smallest absolute Gasteiger partial charge is 0.137 e. The van der Waals surface area contributed by atoms with E-state index in [4.69, 9.17) is 5.73 Å². The van der Waals surface area contributed by atoms with Crippen LogP contribution in [-0.4, -0.2) is 27.7 Å². The van der Waals surface area contributed by atoms with E-state index in [-0.39, 0.29) is 5.92 Å². The minimum atomic E-state index is -0.406. The fourth-order valence-corrected chi connectivity index (χ4v) is 1.65. The molecule has 2 aromatic rings. The highest BCUT2D eigenvalue weighted by Crippen LogP contribution is 2.21. The van der Waals surface area contributed by atoms with E-state index in [1.54, 1.807) is 0 Å². The molecule has 1 aromatic carbocycles. The molecule has 4 N–H and O–H groups in total. The maximum Gasteiger partial charge on any atom is 0.137 e. The van der Waals surface area contributed by atoms with Crippen LogP contribution >= 0.6 is 0 Å². The number of fused-ring (bicyclic) bond motifs is 1. The van der Waals surface area contributed by atoms with Gasteiger partial charge in [-0.2, -0.15) is 0 Å². The summed E-state index contributed by atoms with van der Waals surface area (Å²) in [7, 11) is 0. The molecule has 0 saturated carbocycles. The lowest BCUT2D eigenvalue weighted by atomic mass is 10.1. The Labute approximate surface area is 106 Å². The lowest BCUT2D eigenvalue weighted by molar-refractivity contribution is 0.138. The minimum absolute atomic E-state index is 0.204. The summed E-state index contributed by atoms with van der Waals surface area (Å²) in [6.45, 7) is 4.41. The predicted molar refractivity (Wildman–Crippen MR) is 73.3 cm³/mol. The molecule has 0 aliphatic rings. The fourth-order valence-electron chi connectivity index (χ4n) is 1.65. The summed E-state index contributed by atoms with van der Waals surface area (Å²) in [6.07, 6.45) is 1.10. The Morgan fingerprint density at radius 3 is 2.83 bits per heavy atom. The van der Waals surface area contributed by atoms with Gasteiger partial charge < -0.3 is 16.2 Å². The van der Waals surface area contributed by atoms with Crippen molar-refractivity contribution in [3.8, 4) is 0 Å². The van der Waals surface area contributed by atoms with Crippen molar-refractivity contribution >= 4 is 22.4 Å². The summed E-state index contributed by atoms with van der Waals surface area (Å²) in [5.74, 6) is 0.905. The van der Waals surface area contributed by atoms with Crippen molar-refractivity contribution in [2.45, 2.75) is 20.0 Å². The highest BCUT2D eigenvalue weighted by atomic mass is 16.3. The second-order valence-corrected chi connectivity index (χ2v) is 4.69. The Bertz CT molecular complexity index is 542. The number of aliphatic hydroxyl groups excluding tert-OH is 1. The highest BCUT2D eigenvalue weighted by Gasteiger charge is 2.10. The molecule has 0 spiro atoms. The van der Waals surface area contributed by atoms with Crippen LogP contribution in [0.2, 0.25) is 0 Å². The second-order valence-electron chi connectivity index (χ2n) is 4.69. The lowest BCUT2D eigenvalue weighted by Gasteiger charge is -2.16. The lowest BCUT2D eigenvalue weighted by Crippen LogP contribution is -2.25. The largest absolute Gasteiger partial charge is 0.399 e. The zero-order chi connectivity index (χ0) is 13.1. The van der Waals surface area contributed by atoms with Gasteiger partial charge in [0.25, 0.3) is 0 Å². The first kappa shape index (κ1) is 12.6. The van der Waals surface area contributed by atoms with Gasteiger partial charge in [-0.05, 0) is 24.1 Å². The van der Waals surface area contributed by atoms with Gasteiger partial charge >= 0.3 is 0 Å². The van der Waals surface area contributed by atoms with E-state index in [1.807, 2.05) is 32.0 Å². The Kier molecular flexibility index (Phi) is 3.62. The van der Waals surface area contributed by atoms with E-state index >= 15 is 0 Å². The number of anilines is 2. The van der Waals surface area contributed by atoms with Gasteiger partial charge in [-0.1, -0.05) is 13.8 Å². The molecule has 5 heteroatoms. The van der Waals surface area contributed by atoms with Crippen LogP contribution in [0.5, 0.6) is 0 Å². The van der Waals surface area contributed by atoms with E-state index in [1.165, 1.54) is 6.33 Å². The zero-order valence-corrected chi connectivity index (χ0v) is 10.6. The molecule has 0 saturated heterocycles. The van der Waals surface area contributed by atoms with Crippen LogP contribution < -0.4 is 11.1 Å². The first-order valence-corrected chi connectivity index (χ1v) is 6.00. The molecule has 1 unspecified atom stereocenters. The number of nitrogens with one attached hydrogen (secondary N) is 1. The van der Waals surface area contributed by atoms with Crippen LogP contribution in [0.15, 0.2) is 24.5 Å².